The van der Waals surface area contributed by atoms with Gasteiger partial charge in [0.25, 0.3) is 0 Å². The summed E-state index contributed by atoms with van der Waals surface area (Å²) < 4.78 is 27.4. The van der Waals surface area contributed by atoms with Crippen molar-refractivity contribution in [3.63, 3.8) is 0 Å². The van der Waals surface area contributed by atoms with Crippen LogP contribution in [0.4, 0.5) is 5.69 Å². The van der Waals surface area contributed by atoms with Crippen LogP contribution in [0.15, 0.2) is 29.2 Å². The molecule has 0 spiro atoms. The Morgan fingerprint density at radius 3 is 2.44 bits per heavy atom. The molecule has 98 valence electrons. The van der Waals surface area contributed by atoms with Crippen molar-refractivity contribution in [1.82, 2.24) is 4.72 Å². The molecule has 1 aromatic rings. The average molecular weight is 266 g/mol. The van der Waals surface area contributed by atoms with E-state index < -0.39 is 10.0 Å². The molecule has 0 heterocycles. The number of hydrogen-bond donors (Lipinski definition) is 2. The SMILES string of the molecule is Cc1cc(N)cc(S(=O)(=O)NC2CC=CC2)c1C. The number of sulfonamides is 1. The van der Waals surface area contributed by atoms with Crippen LogP contribution in [0.1, 0.15) is 24.0 Å². The molecule has 3 N–H and O–H groups in total. The Morgan fingerprint density at radius 1 is 1.22 bits per heavy atom. The largest absolute Gasteiger partial charge is 0.399 e. The topological polar surface area (TPSA) is 72.2 Å². The van der Waals surface area contributed by atoms with Gasteiger partial charge in [0.15, 0.2) is 0 Å². The van der Waals surface area contributed by atoms with Crippen molar-refractivity contribution < 1.29 is 8.42 Å². The Balaban J connectivity index is 2.34. The average Bonchev–Trinajstić information content (AvgIpc) is 2.75. The maximum Gasteiger partial charge on any atom is 0.241 e. The van der Waals surface area contributed by atoms with Crippen molar-refractivity contribution in [2.45, 2.75) is 37.6 Å². The third-order valence-corrected chi connectivity index (χ3v) is 4.91. The smallest absolute Gasteiger partial charge is 0.241 e. The molecule has 0 saturated carbocycles. The third-order valence-electron chi connectivity index (χ3n) is 3.26. The molecule has 2 rings (SSSR count). The Morgan fingerprint density at radius 2 is 1.83 bits per heavy atom. The number of nitrogens with two attached hydrogens (primary N) is 1. The molecule has 0 aliphatic heterocycles. The lowest BCUT2D eigenvalue weighted by atomic mass is 10.1. The Hall–Kier alpha value is -1.33. The van der Waals surface area contributed by atoms with Crippen LogP contribution in [0.2, 0.25) is 0 Å². The molecule has 1 aliphatic rings. The van der Waals surface area contributed by atoms with Crippen molar-refractivity contribution in [2.24, 2.45) is 0 Å². The van der Waals surface area contributed by atoms with Gasteiger partial charge in [-0.1, -0.05) is 12.2 Å². The molecule has 4 nitrogen and oxygen atoms in total. The number of nitrogen functional groups attached to an aromatic ring is 1. The lowest BCUT2D eigenvalue weighted by Gasteiger charge is -2.15. The minimum atomic E-state index is -3.49. The maximum atomic E-state index is 12.3. The van der Waals surface area contributed by atoms with E-state index in [0.717, 1.165) is 24.0 Å². The van der Waals surface area contributed by atoms with Gasteiger partial charge in [0.2, 0.25) is 10.0 Å². The molecule has 0 unspecified atom stereocenters. The third kappa shape index (κ3) is 2.57. The molecule has 0 aromatic heterocycles. The summed E-state index contributed by atoms with van der Waals surface area (Å²) in [4.78, 5) is 0.284. The summed E-state index contributed by atoms with van der Waals surface area (Å²) in [6.07, 6.45) is 5.48. The molecule has 0 amide bonds. The second-order valence-electron chi connectivity index (χ2n) is 4.72. The molecule has 0 atom stereocenters. The highest BCUT2D eigenvalue weighted by Gasteiger charge is 2.23. The fourth-order valence-electron chi connectivity index (χ4n) is 2.13. The standard InChI is InChI=1S/C13H18N2O2S/c1-9-7-11(14)8-13(10(9)2)18(16,17)15-12-5-3-4-6-12/h3-4,7-8,12,15H,5-6,14H2,1-2H3. The van der Waals surface area contributed by atoms with Gasteiger partial charge in [0.1, 0.15) is 0 Å². The van der Waals surface area contributed by atoms with E-state index in [1.807, 2.05) is 19.1 Å². The van der Waals surface area contributed by atoms with E-state index in [0.29, 0.717) is 5.69 Å². The van der Waals surface area contributed by atoms with Gasteiger partial charge in [0, 0.05) is 11.7 Å². The molecule has 1 aromatic carbocycles. The number of nitrogens with one attached hydrogen (secondary N) is 1. The van der Waals surface area contributed by atoms with E-state index in [9.17, 15) is 8.42 Å². The van der Waals surface area contributed by atoms with E-state index in [1.54, 1.807) is 13.0 Å². The van der Waals surface area contributed by atoms with Gasteiger partial charge in [-0.25, -0.2) is 13.1 Å². The highest BCUT2D eigenvalue weighted by atomic mass is 32.2. The van der Waals surface area contributed by atoms with E-state index in [4.69, 9.17) is 5.73 Å². The van der Waals surface area contributed by atoms with Crippen molar-refractivity contribution in [3.8, 4) is 0 Å². The Labute approximate surface area is 108 Å². The van der Waals surface area contributed by atoms with Gasteiger partial charge in [-0.3, -0.25) is 0 Å². The van der Waals surface area contributed by atoms with Crippen molar-refractivity contribution in [1.29, 1.82) is 0 Å². The van der Waals surface area contributed by atoms with Crippen LogP contribution in [-0.2, 0) is 10.0 Å². The van der Waals surface area contributed by atoms with Crippen LogP contribution in [-0.4, -0.2) is 14.5 Å². The fourth-order valence-corrected chi connectivity index (χ4v) is 3.74. The van der Waals surface area contributed by atoms with E-state index >= 15 is 0 Å². The summed E-state index contributed by atoms with van der Waals surface area (Å²) in [5, 5.41) is 0. The minimum Gasteiger partial charge on any atom is -0.399 e. The Bertz CT molecular complexity index is 583. The zero-order valence-electron chi connectivity index (χ0n) is 10.6. The van der Waals surface area contributed by atoms with Crippen LogP contribution >= 0.6 is 0 Å². The molecule has 0 saturated heterocycles. The van der Waals surface area contributed by atoms with Crippen LogP contribution in [0.25, 0.3) is 0 Å². The Kier molecular flexibility index (Phi) is 3.45. The van der Waals surface area contributed by atoms with Gasteiger partial charge < -0.3 is 5.73 Å². The summed E-state index contributed by atoms with van der Waals surface area (Å²) in [5.74, 6) is 0. The number of hydrogen-bond acceptors (Lipinski definition) is 3. The number of benzene rings is 1. The zero-order valence-corrected chi connectivity index (χ0v) is 11.4. The van der Waals surface area contributed by atoms with Crippen LogP contribution in [0.5, 0.6) is 0 Å². The molecular weight excluding hydrogens is 248 g/mol. The fraction of sp³-hybridized carbons (Fsp3) is 0.385. The normalized spacial score (nSPS) is 16.3. The lowest BCUT2D eigenvalue weighted by Crippen LogP contribution is -2.33. The first kappa shape index (κ1) is 13.1. The molecule has 0 bridgehead atoms. The summed E-state index contributed by atoms with van der Waals surface area (Å²) in [5.41, 5.74) is 7.84. The van der Waals surface area contributed by atoms with Crippen molar-refractivity contribution >= 4 is 15.7 Å². The molecule has 0 fully saturated rings. The van der Waals surface area contributed by atoms with E-state index in [2.05, 4.69) is 4.72 Å². The van der Waals surface area contributed by atoms with Crippen LogP contribution in [0, 0.1) is 13.8 Å². The minimum absolute atomic E-state index is 0.0314. The van der Waals surface area contributed by atoms with Gasteiger partial charge in [-0.15, -0.1) is 0 Å². The van der Waals surface area contributed by atoms with Crippen LogP contribution in [0.3, 0.4) is 0 Å². The molecule has 0 radical (unpaired) electrons. The van der Waals surface area contributed by atoms with Gasteiger partial charge in [-0.05, 0) is 49.9 Å². The quantitative estimate of drug-likeness (QED) is 0.648. The summed E-state index contributed by atoms with van der Waals surface area (Å²) in [7, 11) is -3.49. The highest BCUT2D eigenvalue weighted by molar-refractivity contribution is 7.89. The number of aryl methyl sites for hydroxylation is 1. The molecular formula is C13H18N2O2S. The van der Waals surface area contributed by atoms with Gasteiger partial charge in [0.05, 0.1) is 4.90 Å². The van der Waals surface area contributed by atoms with Crippen molar-refractivity contribution in [3.05, 3.63) is 35.4 Å². The molecule has 5 heteroatoms. The van der Waals surface area contributed by atoms with Crippen LogP contribution < -0.4 is 10.5 Å². The van der Waals surface area contributed by atoms with Crippen molar-refractivity contribution in [2.75, 3.05) is 5.73 Å². The first-order chi connectivity index (χ1) is 8.40. The monoisotopic (exact) mass is 266 g/mol. The molecule has 18 heavy (non-hydrogen) atoms. The predicted octanol–water partition coefficient (Wildman–Crippen LogP) is 1.88. The predicted molar refractivity (Wildman–Crippen MR) is 72.8 cm³/mol. The first-order valence-corrected chi connectivity index (χ1v) is 7.42. The van der Waals surface area contributed by atoms with E-state index in [1.165, 1.54) is 6.07 Å². The summed E-state index contributed by atoms with van der Waals surface area (Å²) in [6, 6.07) is 3.27. The number of anilines is 1. The van der Waals surface area contributed by atoms with Gasteiger partial charge >= 0.3 is 0 Å². The second-order valence-corrected chi connectivity index (χ2v) is 6.40. The summed E-state index contributed by atoms with van der Waals surface area (Å²) >= 11 is 0. The maximum absolute atomic E-state index is 12.3. The zero-order chi connectivity index (χ0) is 13.3. The second kappa shape index (κ2) is 4.74. The number of rotatable bonds is 3. The van der Waals surface area contributed by atoms with Gasteiger partial charge in [-0.2, -0.15) is 0 Å². The lowest BCUT2D eigenvalue weighted by molar-refractivity contribution is 0.557. The first-order valence-electron chi connectivity index (χ1n) is 5.94. The molecule has 1 aliphatic carbocycles. The summed E-state index contributed by atoms with van der Waals surface area (Å²) in [6.45, 7) is 3.66. The van der Waals surface area contributed by atoms with E-state index in [-0.39, 0.29) is 10.9 Å². The highest BCUT2D eigenvalue weighted by Crippen LogP contribution is 2.23.